The molecule has 4 saturated carbocycles. The predicted octanol–water partition coefficient (Wildman–Crippen LogP) is 3.74. The number of carbonyl (C=O) groups is 1. The van der Waals surface area contributed by atoms with E-state index in [-0.39, 0.29) is 16.9 Å². The van der Waals surface area contributed by atoms with Crippen molar-refractivity contribution in [2.24, 2.45) is 17.8 Å². The van der Waals surface area contributed by atoms with Gasteiger partial charge in [0.25, 0.3) is 5.91 Å². The van der Waals surface area contributed by atoms with E-state index < -0.39 is 10.8 Å². The second-order valence-corrected chi connectivity index (χ2v) is 10.7. The highest BCUT2D eigenvalue weighted by molar-refractivity contribution is 6.05. The predicted molar refractivity (Wildman–Crippen MR) is 127 cm³/mol. The van der Waals surface area contributed by atoms with E-state index in [0.717, 1.165) is 37.1 Å². The SMILES string of the molecule is CCn1ncc(Cn2cc(NC(=O)c3nn(C45CC6CC(CC(C6)C4)C5)cc3[N+](=O)[O-])cn2)c1C. The number of hydrogen-bond acceptors (Lipinski definition) is 6. The topological polar surface area (TPSA) is 126 Å². The first-order chi connectivity index (χ1) is 16.8. The Labute approximate surface area is 202 Å². The lowest BCUT2D eigenvalue weighted by Crippen LogP contribution is -2.52. The Hall–Kier alpha value is -3.50. The molecule has 0 spiro atoms. The summed E-state index contributed by atoms with van der Waals surface area (Å²) in [7, 11) is 0. The van der Waals surface area contributed by atoms with E-state index in [9.17, 15) is 14.9 Å². The van der Waals surface area contributed by atoms with Crippen LogP contribution in [0.3, 0.4) is 0 Å². The Morgan fingerprint density at radius 2 is 1.83 bits per heavy atom. The molecule has 3 aromatic rings. The van der Waals surface area contributed by atoms with Crippen LogP contribution in [0.4, 0.5) is 11.4 Å². The first kappa shape index (κ1) is 22.0. The van der Waals surface area contributed by atoms with Crippen LogP contribution in [0.5, 0.6) is 0 Å². The number of rotatable bonds is 7. The van der Waals surface area contributed by atoms with Gasteiger partial charge in [-0.15, -0.1) is 0 Å². The van der Waals surface area contributed by atoms with Gasteiger partial charge in [-0.05, 0) is 70.1 Å². The number of amides is 1. The van der Waals surface area contributed by atoms with E-state index >= 15 is 0 Å². The van der Waals surface area contributed by atoms with Crippen molar-refractivity contribution in [3.05, 3.63) is 51.9 Å². The molecule has 0 radical (unpaired) electrons. The molecule has 0 aliphatic heterocycles. The third-order valence-electron chi connectivity index (χ3n) is 8.33. The summed E-state index contributed by atoms with van der Waals surface area (Å²) >= 11 is 0. The molecule has 1 N–H and O–H groups in total. The van der Waals surface area contributed by atoms with Crippen LogP contribution in [-0.2, 0) is 18.6 Å². The molecule has 0 unspecified atom stereocenters. The van der Waals surface area contributed by atoms with Gasteiger partial charge in [-0.1, -0.05) is 0 Å². The summed E-state index contributed by atoms with van der Waals surface area (Å²) in [5, 5.41) is 27.8. The van der Waals surface area contributed by atoms with Crippen molar-refractivity contribution in [1.29, 1.82) is 0 Å². The summed E-state index contributed by atoms with van der Waals surface area (Å²) in [6.45, 7) is 5.36. The fraction of sp³-hybridized carbons (Fsp3) is 0.583. The van der Waals surface area contributed by atoms with E-state index in [2.05, 4.69) is 20.6 Å². The second kappa shape index (κ2) is 8.03. The van der Waals surface area contributed by atoms with Crippen molar-refractivity contribution in [2.75, 3.05) is 5.32 Å². The molecule has 1 amide bonds. The minimum absolute atomic E-state index is 0.140. The largest absolute Gasteiger partial charge is 0.320 e. The van der Waals surface area contributed by atoms with Crippen molar-refractivity contribution in [2.45, 2.75) is 71.0 Å². The number of aryl methyl sites for hydroxylation is 1. The number of hydrogen-bond donors (Lipinski definition) is 1. The maximum absolute atomic E-state index is 13.1. The van der Waals surface area contributed by atoms with Gasteiger partial charge in [0.1, 0.15) is 6.20 Å². The fourth-order valence-electron chi connectivity index (χ4n) is 7.09. The Balaban J connectivity index is 1.22. The number of nitrogens with zero attached hydrogens (tertiary/aromatic N) is 7. The lowest BCUT2D eigenvalue weighted by molar-refractivity contribution is -0.385. The zero-order chi connectivity index (χ0) is 24.3. The van der Waals surface area contributed by atoms with E-state index in [1.165, 1.54) is 25.5 Å². The van der Waals surface area contributed by atoms with Gasteiger partial charge in [0.2, 0.25) is 5.69 Å². The third-order valence-corrected chi connectivity index (χ3v) is 8.33. The van der Waals surface area contributed by atoms with Crippen LogP contribution in [0.15, 0.2) is 24.8 Å². The van der Waals surface area contributed by atoms with Crippen molar-refractivity contribution < 1.29 is 9.72 Å². The van der Waals surface area contributed by atoms with Gasteiger partial charge < -0.3 is 5.32 Å². The number of nitro groups is 1. The first-order valence-electron chi connectivity index (χ1n) is 12.4. The zero-order valence-electron chi connectivity index (χ0n) is 20.1. The molecule has 3 aromatic heterocycles. The molecule has 4 aliphatic carbocycles. The van der Waals surface area contributed by atoms with E-state index in [1.807, 2.05) is 24.7 Å². The average molecular weight is 479 g/mol. The van der Waals surface area contributed by atoms with Crippen LogP contribution >= 0.6 is 0 Å². The van der Waals surface area contributed by atoms with E-state index in [1.54, 1.807) is 21.8 Å². The molecule has 4 aliphatic rings. The van der Waals surface area contributed by atoms with Gasteiger partial charge in [-0.3, -0.25) is 29.0 Å². The Kier molecular flexibility index (Phi) is 5.05. The summed E-state index contributed by atoms with van der Waals surface area (Å²) in [6.07, 6.45) is 13.3. The maximum atomic E-state index is 13.1. The summed E-state index contributed by atoms with van der Waals surface area (Å²) in [6, 6.07) is 0. The number of carbonyl (C=O) groups excluding carboxylic acids is 1. The maximum Gasteiger partial charge on any atom is 0.320 e. The Morgan fingerprint density at radius 3 is 2.43 bits per heavy atom. The number of nitrogens with one attached hydrogen (secondary N) is 1. The van der Waals surface area contributed by atoms with Gasteiger partial charge >= 0.3 is 5.69 Å². The van der Waals surface area contributed by atoms with Gasteiger partial charge in [0.15, 0.2) is 0 Å². The molecular formula is C24H30N8O3. The van der Waals surface area contributed by atoms with Crippen LogP contribution in [0.25, 0.3) is 0 Å². The van der Waals surface area contributed by atoms with Gasteiger partial charge in [0.05, 0.1) is 35.1 Å². The molecular weight excluding hydrogens is 448 g/mol. The van der Waals surface area contributed by atoms with Crippen LogP contribution in [0.2, 0.25) is 0 Å². The van der Waals surface area contributed by atoms with Gasteiger partial charge in [-0.2, -0.15) is 15.3 Å². The number of anilines is 1. The highest BCUT2D eigenvalue weighted by atomic mass is 16.6. The fourth-order valence-corrected chi connectivity index (χ4v) is 7.09. The molecule has 4 fully saturated rings. The lowest BCUT2D eigenvalue weighted by Gasteiger charge is -2.56. The average Bonchev–Trinajstić information content (AvgIpc) is 3.53. The molecule has 11 heteroatoms. The van der Waals surface area contributed by atoms with E-state index in [4.69, 9.17) is 0 Å². The van der Waals surface area contributed by atoms with E-state index in [0.29, 0.717) is 30.0 Å². The van der Waals surface area contributed by atoms with Crippen molar-refractivity contribution >= 4 is 17.3 Å². The molecule has 0 aromatic carbocycles. The molecule has 184 valence electrons. The lowest BCUT2D eigenvalue weighted by atomic mass is 9.53. The smallest absolute Gasteiger partial charge is 0.318 e. The third kappa shape index (κ3) is 3.73. The van der Waals surface area contributed by atoms with Crippen LogP contribution in [0, 0.1) is 34.8 Å². The minimum atomic E-state index is -0.588. The summed E-state index contributed by atoms with van der Waals surface area (Å²) in [5.41, 5.74) is 2.00. The standard InChI is InChI=1S/C24H30N8O3/c1-3-30-15(2)19(10-26-30)12-29-13-20(11-25-29)27-23(33)22-21(32(34)35)14-31(28-22)24-7-16-4-17(8-24)6-18(5-16)9-24/h10-11,13-14,16-18H,3-9,12H2,1-2H3,(H,27,33). The highest BCUT2D eigenvalue weighted by Gasteiger charge is 2.53. The molecule has 3 heterocycles. The van der Waals surface area contributed by atoms with Gasteiger partial charge in [0, 0.05) is 24.0 Å². The summed E-state index contributed by atoms with van der Waals surface area (Å²) < 4.78 is 5.39. The molecule has 0 saturated heterocycles. The highest BCUT2D eigenvalue weighted by Crippen LogP contribution is 2.58. The Bertz CT molecular complexity index is 1270. The van der Waals surface area contributed by atoms with Crippen molar-refractivity contribution in [3.8, 4) is 0 Å². The summed E-state index contributed by atoms with van der Waals surface area (Å²) in [4.78, 5) is 24.4. The van der Waals surface area contributed by atoms with Crippen LogP contribution in [0.1, 0.15) is 67.2 Å². The molecule has 0 atom stereocenters. The zero-order valence-corrected chi connectivity index (χ0v) is 20.1. The molecule has 7 rings (SSSR count). The monoisotopic (exact) mass is 478 g/mol. The normalized spacial score (nSPS) is 26.9. The molecule has 35 heavy (non-hydrogen) atoms. The Morgan fingerprint density at radius 1 is 1.14 bits per heavy atom. The van der Waals surface area contributed by atoms with Crippen LogP contribution in [-0.4, -0.2) is 40.2 Å². The molecule has 11 nitrogen and oxygen atoms in total. The second-order valence-electron chi connectivity index (χ2n) is 10.7. The molecule has 4 bridgehead atoms. The van der Waals surface area contributed by atoms with Crippen LogP contribution < -0.4 is 5.32 Å². The quantitative estimate of drug-likeness (QED) is 0.407. The minimum Gasteiger partial charge on any atom is -0.318 e. The van der Waals surface area contributed by atoms with Crippen molar-refractivity contribution in [1.82, 2.24) is 29.3 Å². The first-order valence-corrected chi connectivity index (χ1v) is 12.4. The summed E-state index contributed by atoms with van der Waals surface area (Å²) in [5.74, 6) is 1.41. The number of aromatic nitrogens is 6. The van der Waals surface area contributed by atoms with Crippen molar-refractivity contribution in [3.63, 3.8) is 0 Å². The van der Waals surface area contributed by atoms with Gasteiger partial charge in [-0.25, -0.2) is 0 Å².